The number of aryl methyl sites for hydroxylation is 1. The number of likely N-dealkylation sites (N-methyl/N-ethyl adjacent to an activating group) is 1. The van der Waals surface area contributed by atoms with E-state index in [1.807, 2.05) is 0 Å². The van der Waals surface area contributed by atoms with Crippen molar-refractivity contribution in [2.24, 2.45) is 0 Å². The molecule has 3 heteroatoms. The molecule has 3 unspecified atom stereocenters. The lowest BCUT2D eigenvalue weighted by Crippen LogP contribution is -2.50. The van der Waals surface area contributed by atoms with Crippen LogP contribution in [0.15, 0.2) is 24.3 Å². The van der Waals surface area contributed by atoms with Crippen molar-refractivity contribution in [1.29, 1.82) is 0 Å². The lowest BCUT2D eigenvalue weighted by atomic mass is 9.95. The Morgan fingerprint density at radius 3 is 3.05 bits per heavy atom. The van der Waals surface area contributed by atoms with Crippen LogP contribution in [0.3, 0.4) is 0 Å². The molecule has 2 saturated heterocycles. The Kier molecular flexibility index (Phi) is 4.39. The standard InChI is InChI=1S/C17H26N2O/c1-3-18-17(15-9-5-4-7-13(15)2)16-11-19-10-6-8-14(19)12-20-16/h4-5,7,9,14,16-18H,3,6,8,10-12H2,1-2H3. The lowest BCUT2D eigenvalue weighted by Gasteiger charge is -2.39. The van der Waals surface area contributed by atoms with E-state index in [9.17, 15) is 0 Å². The number of hydrogen-bond acceptors (Lipinski definition) is 3. The predicted octanol–water partition coefficient (Wildman–Crippen LogP) is 2.51. The quantitative estimate of drug-likeness (QED) is 0.913. The van der Waals surface area contributed by atoms with Gasteiger partial charge in [0.1, 0.15) is 0 Å². The molecule has 0 saturated carbocycles. The molecule has 0 spiro atoms. The van der Waals surface area contributed by atoms with Crippen LogP contribution in [-0.4, -0.2) is 43.3 Å². The number of nitrogens with zero attached hydrogens (tertiary/aromatic N) is 1. The van der Waals surface area contributed by atoms with E-state index in [2.05, 4.69) is 48.3 Å². The topological polar surface area (TPSA) is 24.5 Å². The van der Waals surface area contributed by atoms with E-state index in [1.165, 1.54) is 30.5 Å². The number of fused-ring (bicyclic) bond motifs is 1. The van der Waals surface area contributed by atoms with Crippen LogP contribution in [0.1, 0.15) is 36.9 Å². The third-order valence-electron chi connectivity index (χ3n) is 4.74. The number of hydrogen-bond donors (Lipinski definition) is 1. The molecule has 20 heavy (non-hydrogen) atoms. The molecule has 110 valence electrons. The summed E-state index contributed by atoms with van der Waals surface area (Å²) >= 11 is 0. The second kappa shape index (κ2) is 6.25. The highest BCUT2D eigenvalue weighted by atomic mass is 16.5. The van der Waals surface area contributed by atoms with Crippen molar-refractivity contribution in [3.8, 4) is 0 Å². The van der Waals surface area contributed by atoms with Crippen molar-refractivity contribution in [3.63, 3.8) is 0 Å². The zero-order valence-electron chi connectivity index (χ0n) is 12.6. The molecular formula is C17H26N2O. The molecule has 2 heterocycles. The Morgan fingerprint density at radius 1 is 1.40 bits per heavy atom. The monoisotopic (exact) mass is 274 g/mol. The molecule has 2 aliphatic rings. The van der Waals surface area contributed by atoms with Crippen molar-refractivity contribution in [2.45, 2.75) is 44.9 Å². The van der Waals surface area contributed by atoms with Gasteiger partial charge in [-0.3, -0.25) is 4.90 Å². The summed E-state index contributed by atoms with van der Waals surface area (Å²) in [6.07, 6.45) is 2.91. The van der Waals surface area contributed by atoms with Crippen molar-refractivity contribution in [1.82, 2.24) is 10.2 Å². The molecule has 3 atom stereocenters. The number of nitrogens with one attached hydrogen (secondary N) is 1. The fourth-order valence-corrected chi connectivity index (χ4v) is 3.64. The molecule has 0 amide bonds. The van der Waals surface area contributed by atoms with Gasteiger partial charge in [-0.1, -0.05) is 31.2 Å². The van der Waals surface area contributed by atoms with E-state index in [1.54, 1.807) is 0 Å². The molecule has 1 N–H and O–H groups in total. The van der Waals surface area contributed by atoms with Gasteiger partial charge in [-0.2, -0.15) is 0 Å². The maximum absolute atomic E-state index is 6.21. The fourth-order valence-electron chi connectivity index (χ4n) is 3.64. The number of benzene rings is 1. The normalized spacial score (nSPS) is 28.3. The third-order valence-corrected chi connectivity index (χ3v) is 4.74. The van der Waals surface area contributed by atoms with E-state index in [0.717, 1.165) is 19.7 Å². The van der Waals surface area contributed by atoms with Crippen LogP contribution in [0.25, 0.3) is 0 Å². The molecular weight excluding hydrogens is 248 g/mol. The number of ether oxygens (including phenoxy) is 1. The molecule has 1 aromatic carbocycles. The van der Waals surface area contributed by atoms with Gasteiger partial charge in [0.15, 0.2) is 0 Å². The highest BCUT2D eigenvalue weighted by molar-refractivity contribution is 5.30. The second-order valence-electron chi connectivity index (χ2n) is 6.05. The van der Waals surface area contributed by atoms with Gasteiger partial charge in [0.2, 0.25) is 0 Å². The Morgan fingerprint density at radius 2 is 2.25 bits per heavy atom. The van der Waals surface area contributed by atoms with E-state index < -0.39 is 0 Å². The summed E-state index contributed by atoms with van der Waals surface area (Å²) in [5.41, 5.74) is 2.74. The van der Waals surface area contributed by atoms with Gasteiger partial charge >= 0.3 is 0 Å². The SMILES string of the molecule is CCNC(c1ccccc1C)C1CN2CCCC2CO1. The lowest BCUT2D eigenvalue weighted by molar-refractivity contribution is -0.0651. The third kappa shape index (κ3) is 2.76. The zero-order chi connectivity index (χ0) is 13.9. The second-order valence-corrected chi connectivity index (χ2v) is 6.05. The van der Waals surface area contributed by atoms with Gasteiger partial charge < -0.3 is 10.1 Å². The van der Waals surface area contributed by atoms with Crippen LogP contribution in [0.4, 0.5) is 0 Å². The summed E-state index contributed by atoms with van der Waals surface area (Å²) in [7, 11) is 0. The number of morpholine rings is 1. The largest absolute Gasteiger partial charge is 0.373 e. The first kappa shape index (κ1) is 14.1. The highest BCUT2D eigenvalue weighted by Gasteiger charge is 2.36. The van der Waals surface area contributed by atoms with Gasteiger partial charge in [-0.05, 0) is 44.0 Å². The summed E-state index contributed by atoms with van der Waals surface area (Å²) in [5, 5.41) is 3.64. The Bertz CT molecular complexity index is 448. The Hall–Kier alpha value is -0.900. The first-order valence-corrected chi connectivity index (χ1v) is 7.94. The summed E-state index contributed by atoms with van der Waals surface area (Å²) in [5.74, 6) is 0. The minimum Gasteiger partial charge on any atom is -0.373 e. The van der Waals surface area contributed by atoms with Gasteiger partial charge in [0, 0.05) is 12.6 Å². The molecule has 2 aliphatic heterocycles. The maximum atomic E-state index is 6.21. The van der Waals surface area contributed by atoms with Crippen LogP contribution < -0.4 is 5.32 Å². The Labute approximate surface area is 122 Å². The molecule has 0 bridgehead atoms. The molecule has 2 fully saturated rings. The van der Waals surface area contributed by atoms with Crippen molar-refractivity contribution < 1.29 is 4.74 Å². The summed E-state index contributed by atoms with van der Waals surface area (Å²) in [6, 6.07) is 9.66. The molecule has 3 nitrogen and oxygen atoms in total. The van der Waals surface area contributed by atoms with Crippen molar-refractivity contribution in [3.05, 3.63) is 35.4 Å². The van der Waals surface area contributed by atoms with E-state index >= 15 is 0 Å². The minimum atomic E-state index is 0.269. The first-order chi connectivity index (χ1) is 9.79. The van der Waals surface area contributed by atoms with Crippen LogP contribution in [0.2, 0.25) is 0 Å². The zero-order valence-corrected chi connectivity index (χ0v) is 12.6. The fraction of sp³-hybridized carbons (Fsp3) is 0.647. The number of rotatable bonds is 4. The highest BCUT2D eigenvalue weighted by Crippen LogP contribution is 2.29. The van der Waals surface area contributed by atoms with E-state index in [0.29, 0.717) is 12.1 Å². The van der Waals surface area contributed by atoms with E-state index in [-0.39, 0.29) is 6.10 Å². The van der Waals surface area contributed by atoms with Gasteiger partial charge in [0.25, 0.3) is 0 Å². The summed E-state index contributed by atoms with van der Waals surface area (Å²) in [6.45, 7) is 8.56. The molecule has 0 aromatic heterocycles. The van der Waals surface area contributed by atoms with Crippen molar-refractivity contribution >= 4 is 0 Å². The van der Waals surface area contributed by atoms with Crippen LogP contribution in [-0.2, 0) is 4.74 Å². The van der Waals surface area contributed by atoms with Crippen LogP contribution in [0, 0.1) is 6.92 Å². The molecule has 0 aliphatic carbocycles. The van der Waals surface area contributed by atoms with E-state index in [4.69, 9.17) is 4.74 Å². The minimum absolute atomic E-state index is 0.269. The summed E-state index contributed by atoms with van der Waals surface area (Å²) in [4.78, 5) is 2.62. The molecule has 3 rings (SSSR count). The molecule has 0 radical (unpaired) electrons. The van der Waals surface area contributed by atoms with Crippen LogP contribution in [0.5, 0.6) is 0 Å². The summed E-state index contributed by atoms with van der Waals surface area (Å²) < 4.78 is 6.21. The molecule has 1 aromatic rings. The van der Waals surface area contributed by atoms with Gasteiger partial charge in [-0.15, -0.1) is 0 Å². The average molecular weight is 274 g/mol. The smallest absolute Gasteiger partial charge is 0.0897 e. The van der Waals surface area contributed by atoms with Gasteiger partial charge in [0.05, 0.1) is 18.8 Å². The van der Waals surface area contributed by atoms with Crippen LogP contribution >= 0.6 is 0 Å². The first-order valence-electron chi connectivity index (χ1n) is 7.94. The maximum Gasteiger partial charge on any atom is 0.0897 e. The van der Waals surface area contributed by atoms with Crippen molar-refractivity contribution in [2.75, 3.05) is 26.2 Å². The Balaban J connectivity index is 1.78. The average Bonchev–Trinajstić information content (AvgIpc) is 2.93. The van der Waals surface area contributed by atoms with Gasteiger partial charge in [-0.25, -0.2) is 0 Å². The predicted molar refractivity (Wildman–Crippen MR) is 81.9 cm³/mol.